The van der Waals surface area contributed by atoms with Crippen LogP contribution < -0.4 is 4.74 Å². The predicted molar refractivity (Wildman–Crippen MR) is 116 cm³/mol. The SMILES string of the molecule is CCCCCOc1ccc(C2CCC(C3CCC(C/C=C/F)CC3)CC2)cc1. The van der Waals surface area contributed by atoms with Crippen LogP contribution in [0.15, 0.2) is 36.7 Å². The summed E-state index contributed by atoms with van der Waals surface area (Å²) in [5, 5.41) is 0. The average Bonchev–Trinajstić information content (AvgIpc) is 2.76. The first-order valence-corrected chi connectivity index (χ1v) is 11.8. The Hall–Kier alpha value is -1.31. The maximum absolute atomic E-state index is 12.2. The van der Waals surface area contributed by atoms with Gasteiger partial charge in [-0.05, 0) is 106 Å². The zero-order valence-electron chi connectivity index (χ0n) is 17.8. The van der Waals surface area contributed by atoms with Gasteiger partial charge < -0.3 is 4.74 Å². The lowest BCUT2D eigenvalue weighted by Gasteiger charge is -2.38. The highest BCUT2D eigenvalue weighted by Crippen LogP contribution is 2.44. The number of hydrogen-bond donors (Lipinski definition) is 0. The van der Waals surface area contributed by atoms with Crippen LogP contribution in [0.3, 0.4) is 0 Å². The van der Waals surface area contributed by atoms with E-state index in [-0.39, 0.29) is 0 Å². The molecule has 0 aromatic heterocycles. The Morgan fingerprint density at radius 1 is 0.893 bits per heavy atom. The van der Waals surface area contributed by atoms with Crippen LogP contribution >= 0.6 is 0 Å². The molecule has 0 N–H and O–H groups in total. The summed E-state index contributed by atoms with van der Waals surface area (Å²) in [6, 6.07) is 8.93. The van der Waals surface area contributed by atoms with Gasteiger partial charge in [-0.3, -0.25) is 0 Å². The third-order valence-corrected chi connectivity index (χ3v) is 7.26. The monoisotopic (exact) mass is 386 g/mol. The molecule has 0 aliphatic heterocycles. The van der Waals surface area contributed by atoms with Gasteiger partial charge in [-0.25, -0.2) is 4.39 Å². The molecule has 0 amide bonds. The fourth-order valence-electron chi connectivity index (χ4n) is 5.44. The van der Waals surface area contributed by atoms with Crippen molar-refractivity contribution in [2.45, 2.75) is 89.9 Å². The Labute approximate surface area is 171 Å². The minimum atomic E-state index is 0.721. The van der Waals surface area contributed by atoms with E-state index in [0.717, 1.165) is 55.2 Å². The second-order valence-electron chi connectivity index (χ2n) is 9.11. The van der Waals surface area contributed by atoms with Crippen LogP contribution in [0.1, 0.15) is 95.5 Å². The van der Waals surface area contributed by atoms with Crippen molar-refractivity contribution in [3.05, 3.63) is 42.2 Å². The molecule has 1 aromatic carbocycles. The molecule has 1 nitrogen and oxygen atoms in total. The van der Waals surface area contributed by atoms with Gasteiger partial charge in [0.05, 0.1) is 12.9 Å². The van der Waals surface area contributed by atoms with Gasteiger partial charge in [0.2, 0.25) is 0 Å². The lowest BCUT2D eigenvalue weighted by Crippen LogP contribution is -2.25. The third-order valence-electron chi connectivity index (χ3n) is 7.26. The first kappa shape index (κ1) is 21.4. The molecular weight excluding hydrogens is 347 g/mol. The normalized spacial score (nSPS) is 28.5. The summed E-state index contributed by atoms with van der Waals surface area (Å²) in [4.78, 5) is 0. The molecule has 2 heteroatoms. The number of halogens is 1. The molecule has 28 heavy (non-hydrogen) atoms. The lowest BCUT2D eigenvalue weighted by molar-refractivity contribution is 0.160. The molecule has 1 aromatic rings. The smallest absolute Gasteiger partial charge is 0.119 e. The number of hydrogen-bond acceptors (Lipinski definition) is 1. The molecule has 0 spiro atoms. The summed E-state index contributed by atoms with van der Waals surface area (Å²) in [6.07, 6.45) is 17.8. The van der Waals surface area contributed by atoms with E-state index in [2.05, 4.69) is 31.2 Å². The summed E-state index contributed by atoms with van der Waals surface area (Å²) in [6.45, 7) is 3.06. The van der Waals surface area contributed by atoms with Crippen molar-refractivity contribution < 1.29 is 9.13 Å². The van der Waals surface area contributed by atoms with Crippen molar-refractivity contribution >= 4 is 0 Å². The largest absolute Gasteiger partial charge is 0.494 e. The minimum Gasteiger partial charge on any atom is -0.494 e. The molecule has 2 aliphatic carbocycles. The van der Waals surface area contributed by atoms with Gasteiger partial charge in [-0.15, -0.1) is 0 Å². The van der Waals surface area contributed by atoms with Crippen LogP contribution in [0.4, 0.5) is 4.39 Å². The Bertz CT molecular complexity index is 563. The van der Waals surface area contributed by atoms with Crippen LogP contribution in [0.2, 0.25) is 0 Å². The second-order valence-corrected chi connectivity index (χ2v) is 9.11. The molecule has 0 radical (unpaired) electrons. The molecule has 0 unspecified atom stereocenters. The Morgan fingerprint density at radius 3 is 2.14 bits per heavy atom. The maximum Gasteiger partial charge on any atom is 0.119 e. The second kappa shape index (κ2) is 11.6. The highest BCUT2D eigenvalue weighted by molar-refractivity contribution is 5.29. The lowest BCUT2D eigenvalue weighted by atomic mass is 9.68. The van der Waals surface area contributed by atoms with Crippen molar-refractivity contribution in [1.82, 2.24) is 0 Å². The molecule has 0 bridgehead atoms. The molecule has 0 heterocycles. The molecule has 2 aliphatic rings. The number of unbranched alkanes of at least 4 members (excludes halogenated alkanes) is 2. The summed E-state index contributed by atoms with van der Waals surface area (Å²) < 4.78 is 18.1. The highest BCUT2D eigenvalue weighted by Gasteiger charge is 2.31. The number of allylic oxidation sites excluding steroid dienone is 1. The Balaban J connectivity index is 1.39. The molecular formula is C26H39FO. The van der Waals surface area contributed by atoms with E-state index in [1.807, 2.05) is 0 Å². The minimum absolute atomic E-state index is 0.721. The molecule has 0 atom stereocenters. The first-order chi connectivity index (χ1) is 13.8. The van der Waals surface area contributed by atoms with E-state index in [1.54, 1.807) is 6.08 Å². The van der Waals surface area contributed by atoms with Gasteiger partial charge in [0.25, 0.3) is 0 Å². The van der Waals surface area contributed by atoms with Gasteiger partial charge in [0, 0.05) is 0 Å². The van der Waals surface area contributed by atoms with Crippen LogP contribution in [0.25, 0.3) is 0 Å². The van der Waals surface area contributed by atoms with E-state index in [4.69, 9.17) is 4.74 Å². The van der Waals surface area contributed by atoms with E-state index >= 15 is 0 Å². The quantitative estimate of drug-likeness (QED) is 0.388. The van der Waals surface area contributed by atoms with Crippen molar-refractivity contribution in [3.63, 3.8) is 0 Å². The zero-order chi connectivity index (χ0) is 19.6. The standard InChI is InChI=1S/C26H39FO/c1-2-3-4-20-28-26-17-15-25(16-18-26)24-13-11-23(12-14-24)22-9-7-21(8-10-22)6-5-19-27/h5,15-19,21-24H,2-4,6-14,20H2,1H3/b19-5+. The van der Waals surface area contributed by atoms with E-state index in [1.165, 1.54) is 69.8 Å². The van der Waals surface area contributed by atoms with Gasteiger partial charge in [-0.1, -0.05) is 38.0 Å². The number of ether oxygens (including phenoxy) is 1. The predicted octanol–water partition coefficient (Wildman–Crippen LogP) is 8.21. The van der Waals surface area contributed by atoms with E-state index < -0.39 is 0 Å². The Morgan fingerprint density at radius 2 is 1.54 bits per heavy atom. The number of benzene rings is 1. The first-order valence-electron chi connectivity index (χ1n) is 11.8. The average molecular weight is 387 g/mol. The van der Waals surface area contributed by atoms with Gasteiger partial charge in [0.1, 0.15) is 5.75 Å². The van der Waals surface area contributed by atoms with Gasteiger partial charge in [-0.2, -0.15) is 0 Å². The van der Waals surface area contributed by atoms with Crippen LogP contribution in [-0.4, -0.2) is 6.61 Å². The molecule has 156 valence electrons. The molecule has 2 fully saturated rings. The van der Waals surface area contributed by atoms with Crippen molar-refractivity contribution in [2.75, 3.05) is 6.61 Å². The van der Waals surface area contributed by atoms with Crippen LogP contribution in [0.5, 0.6) is 5.75 Å². The summed E-state index contributed by atoms with van der Waals surface area (Å²) in [7, 11) is 0. The van der Waals surface area contributed by atoms with Crippen molar-refractivity contribution in [2.24, 2.45) is 17.8 Å². The van der Waals surface area contributed by atoms with Gasteiger partial charge in [0.15, 0.2) is 0 Å². The van der Waals surface area contributed by atoms with Crippen molar-refractivity contribution in [1.29, 1.82) is 0 Å². The highest BCUT2D eigenvalue weighted by atomic mass is 19.1. The molecule has 3 rings (SSSR count). The summed E-state index contributed by atoms with van der Waals surface area (Å²) >= 11 is 0. The summed E-state index contributed by atoms with van der Waals surface area (Å²) in [5.74, 6) is 4.33. The fraction of sp³-hybridized carbons (Fsp3) is 0.692. The fourth-order valence-corrected chi connectivity index (χ4v) is 5.44. The maximum atomic E-state index is 12.2. The number of rotatable bonds is 9. The molecule has 2 saturated carbocycles. The Kier molecular flexibility index (Phi) is 8.89. The third kappa shape index (κ3) is 6.36. The van der Waals surface area contributed by atoms with Crippen LogP contribution in [-0.2, 0) is 0 Å². The molecule has 0 saturated heterocycles. The summed E-state index contributed by atoms with van der Waals surface area (Å²) in [5.41, 5.74) is 1.50. The van der Waals surface area contributed by atoms with Gasteiger partial charge >= 0.3 is 0 Å². The van der Waals surface area contributed by atoms with E-state index in [0.29, 0.717) is 0 Å². The topological polar surface area (TPSA) is 9.23 Å². The van der Waals surface area contributed by atoms with E-state index in [9.17, 15) is 4.39 Å². The van der Waals surface area contributed by atoms with Crippen LogP contribution in [0, 0.1) is 17.8 Å². The zero-order valence-corrected chi connectivity index (χ0v) is 17.8. The van der Waals surface area contributed by atoms with Crippen molar-refractivity contribution in [3.8, 4) is 5.75 Å².